The molecular weight excluding hydrogens is 315 g/mol. The van der Waals surface area contributed by atoms with E-state index in [0.717, 1.165) is 29.5 Å². The minimum Gasteiger partial charge on any atom is -0.284 e. The second kappa shape index (κ2) is 5.64. The summed E-state index contributed by atoms with van der Waals surface area (Å²) in [5.74, 6) is 0. The molecule has 2 rings (SSSR count). The molecule has 22 heavy (non-hydrogen) atoms. The number of hydrogen-bond acceptors (Lipinski definition) is 2. The average Bonchev–Trinajstić information content (AvgIpc) is 2.36. The van der Waals surface area contributed by atoms with Crippen molar-refractivity contribution in [1.82, 2.24) is 0 Å². The highest BCUT2D eigenvalue weighted by atomic mass is 32.2. The Kier molecular flexibility index (Phi) is 4.19. The van der Waals surface area contributed by atoms with Crippen LogP contribution in [0.5, 0.6) is 0 Å². The second-order valence-electron chi connectivity index (χ2n) is 4.98. The van der Waals surface area contributed by atoms with Gasteiger partial charge in [-0.2, -0.15) is 13.2 Å². The van der Waals surface area contributed by atoms with Gasteiger partial charge in [-0.25, -0.2) is 8.42 Å². The molecule has 0 aliphatic heterocycles. The third-order valence-electron chi connectivity index (χ3n) is 3.05. The molecule has 0 fully saturated rings. The first-order chi connectivity index (χ1) is 10.1. The molecule has 0 bridgehead atoms. The molecule has 0 aliphatic rings. The molecule has 2 aromatic carbocycles. The van der Waals surface area contributed by atoms with E-state index in [9.17, 15) is 21.6 Å². The molecule has 0 unspecified atom stereocenters. The van der Waals surface area contributed by atoms with E-state index in [2.05, 4.69) is 4.72 Å². The minimum absolute atomic E-state index is 0.413. The van der Waals surface area contributed by atoms with Gasteiger partial charge in [0.15, 0.2) is 0 Å². The maximum absolute atomic E-state index is 12.5. The fourth-order valence-electron chi connectivity index (χ4n) is 2.10. The lowest BCUT2D eigenvalue weighted by Crippen LogP contribution is -2.09. The molecule has 0 amide bonds. The van der Waals surface area contributed by atoms with Crippen molar-refractivity contribution in [2.75, 3.05) is 11.0 Å². The van der Waals surface area contributed by atoms with Gasteiger partial charge in [-0.05, 0) is 47.9 Å². The number of halogens is 3. The number of anilines is 1. The van der Waals surface area contributed by atoms with E-state index in [1.54, 1.807) is 25.1 Å². The third-order valence-corrected chi connectivity index (χ3v) is 3.66. The van der Waals surface area contributed by atoms with Gasteiger partial charge in [0, 0.05) is 5.69 Å². The Bertz CT molecular complexity index is 781. The number of rotatable bonds is 3. The zero-order valence-electron chi connectivity index (χ0n) is 11.9. The molecular formula is C15H14F3NO2S. The standard InChI is InChI=1S/C15H14F3NO2S/c1-10-9-13(19-22(2,20)21)7-8-14(10)11-3-5-12(6-4-11)15(16,17)18/h3-9,19H,1-2H3. The van der Waals surface area contributed by atoms with Crippen molar-refractivity contribution in [3.63, 3.8) is 0 Å². The lowest BCUT2D eigenvalue weighted by Gasteiger charge is -2.11. The van der Waals surface area contributed by atoms with Crippen LogP contribution in [0, 0.1) is 6.92 Å². The largest absolute Gasteiger partial charge is 0.416 e. The van der Waals surface area contributed by atoms with Gasteiger partial charge in [-0.3, -0.25) is 4.72 Å². The Hall–Kier alpha value is -2.02. The quantitative estimate of drug-likeness (QED) is 0.923. The smallest absolute Gasteiger partial charge is 0.284 e. The first-order valence-corrected chi connectivity index (χ1v) is 8.21. The molecule has 0 aromatic heterocycles. The van der Waals surface area contributed by atoms with E-state index in [4.69, 9.17) is 0 Å². The van der Waals surface area contributed by atoms with Crippen LogP contribution in [0.3, 0.4) is 0 Å². The molecule has 0 atom stereocenters. The van der Waals surface area contributed by atoms with Gasteiger partial charge in [0.25, 0.3) is 0 Å². The van der Waals surface area contributed by atoms with Gasteiger partial charge in [-0.1, -0.05) is 18.2 Å². The lowest BCUT2D eigenvalue weighted by atomic mass is 9.99. The number of sulfonamides is 1. The summed E-state index contributed by atoms with van der Waals surface area (Å²) in [4.78, 5) is 0. The highest BCUT2D eigenvalue weighted by Gasteiger charge is 2.29. The third kappa shape index (κ3) is 4.00. The normalized spacial score (nSPS) is 12.2. The van der Waals surface area contributed by atoms with Crippen LogP contribution < -0.4 is 4.72 Å². The van der Waals surface area contributed by atoms with Crippen molar-refractivity contribution >= 4 is 15.7 Å². The molecule has 0 spiro atoms. The molecule has 0 radical (unpaired) electrons. The van der Waals surface area contributed by atoms with Gasteiger partial charge in [0.2, 0.25) is 10.0 Å². The van der Waals surface area contributed by atoms with Crippen molar-refractivity contribution in [2.24, 2.45) is 0 Å². The second-order valence-corrected chi connectivity index (χ2v) is 6.73. The Labute approximate surface area is 126 Å². The fourth-order valence-corrected chi connectivity index (χ4v) is 2.66. The number of aryl methyl sites for hydroxylation is 1. The maximum Gasteiger partial charge on any atom is 0.416 e. The SMILES string of the molecule is Cc1cc(NS(C)(=O)=O)ccc1-c1ccc(C(F)(F)F)cc1. The summed E-state index contributed by atoms with van der Waals surface area (Å²) in [6.07, 6.45) is -3.32. The zero-order chi connectivity index (χ0) is 16.5. The highest BCUT2D eigenvalue weighted by molar-refractivity contribution is 7.92. The Morgan fingerprint density at radius 1 is 1.00 bits per heavy atom. The first-order valence-electron chi connectivity index (χ1n) is 6.32. The summed E-state index contributed by atoms with van der Waals surface area (Å²) < 4.78 is 62.4. The topological polar surface area (TPSA) is 46.2 Å². The van der Waals surface area contributed by atoms with Crippen LogP contribution in [0.1, 0.15) is 11.1 Å². The Morgan fingerprint density at radius 3 is 2.05 bits per heavy atom. The molecule has 7 heteroatoms. The number of hydrogen-bond donors (Lipinski definition) is 1. The van der Waals surface area contributed by atoms with E-state index in [1.807, 2.05) is 0 Å². The minimum atomic E-state index is -4.36. The fraction of sp³-hybridized carbons (Fsp3) is 0.200. The predicted octanol–water partition coefficient (Wildman–Crippen LogP) is 4.05. The van der Waals surface area contributed by atoms with Crippen LogP contribution in [0.2, 0.25) is 0 Å². The summed E-state index contributed by atoms with van der Waals surface area (Å²) in [6.45, 7) is 1.76. The number of alkyl halides is 3. The molecule has 3 nitrogen and oxygen atoms in total. The summed E-state index contributed by atoms with van der Waals surface area (Å²) in [6, 6.07) is 9.72. The Balaban J connectivity index is 2.34. The van der Waals surface area contributed by atoms with E-state index in [1.165, 1.54) is 12.1 Å². The maximum atomic E-state index is 12.5. The molecule has 2 aromatic rings. The molecule has 0 heterocycles. The van der Waals surface area contributed by atoms with Crippen molar-refractivity contribution < 1.29 is 21.6 Å². The Morgan fingerprint density at radius 2 is 1.59 bits per heavy atom. The van der Waals surface area contributed by atoms with Gasteiger partial charge in [-0.15, -0.1) is 0 Å². The van der Waals surface area contributed by atoms with Crippen LogP contribution in [-0.4, -0.2) is 14.7 Å². The zero-order valence-corrected chi connectivity index (χ0v) is 12.7. The molecule has 0 saturated heterocycles. The highest BCUT2D eigenvalue weighted by Crippen LogP contribution is 2.32. The first kappa shape index (κ1) is 16.4. The predicted molar refractivity (Wildman–Crippen MR) is 80.1 cm³/mol. The van der Waals surface area contributed by atoms with Crippen LogP contribution in [0.4, 0.5) is 18.9 Å². The summed E-state index contributed by atoms with van der Waals surface area (Å²) in [7, 11) is -3.37. The van der Waals surface area contributed by atoms with Crippen molar-refractivity contribution in [2.45, 2.75) is 13.1 Å². The number of benzene rings is 2. The molecule has 0 aliphatic carbocycles. The summed E-state index contributed by atoms with van der Waals surface area (Å²) in [5.41, 5.74) is 1.84. The average molecular weight is 329 g/mol. The molecule has 118 valence electrons. The summed E-state index contributed by atoms with van der Waals surface area (Å²) in [5, 5.41) is 0. The van der Waals surface area contributed by atoms with Gasteiger partial charge in [0.1, 0.15) is 0 Å². The van der Waals surface area contributed by atoms with Crippen LogP contribution >= 0.6 is 0 Å². The van der Waals surface area contributed by atoms with Gasteiger partial charge in [0.05, 0.1) is 11.8 Å². The lowest BCUT2D eigenvalue weighted by molar-refractivity contribution is -0.137. The van der Waals surface area contributed by atoms with Crippen molar-refractivity contribution in [1.29, 1.82) is 0 Å². The van der Waals surface area contributed by atoms with Crippen LogP contribution in [0.15, 0.2) is 42.5 Å². The van der Waals surface area contributed by atoms with Crippen LogP contribution in [0.25, 0.3) is 11.1 Å². The van der Waals surface area contributed by atoms with E-state index >= 15 is 0 Å². The van der Waals surface area contributed by atoms with E-state index in [-0.39, 0.29) is 0 Å². The molecule has 0 saturated carbocycles. The molecule has 1 N–H and O–H groups in total. The van der Waals surface area contributed by atoms with Crippen molar-refractivity contribution in [3.8, 4) is 11.1 Å². The van der Waals surface area contributed by atoms with E-state index in [0.29, 0.717) is 11.3 Å². The van der Waals surface area contributed by atoms with E-state index < -0.39 is 21.8 Å². The number of nitrogens with one attached hydrogen (secondary N) is 1. The van der Waals surface area contributed by atoms with Crippen molar-refractivity contribution in [3.05, 3.63) is 53.6 Å². The monoisotopic (exact) mass is 329 g/mol. The summed E-state index contributed by atoms with van der Waals surface area (Å²) >= 11 is 0. The van der Waals surface area contributed by atoms with Crippen LogP contribution in [-0.2, 0) is 16.2 Å². The van der Waals surface area contributed by atoms with Gasteiger partial charge >= 0.3 is 6.18 Å². The van der Waals surface area contributed by atoms with Gasteiger partial charge < -0.3 is 0 Å².